The molecule has 2 aromatic rings. The van der Waals surface area contributed by atoms with Gasteiger partial charge in [-0.05, 0) is 37.8 Å². The summed E-state index contributed by atoms with van der Waals surface area (Å²) in [6.07, 6.45) is 6.58. The van der Waals surface area contributed by atoms with Crippen molar-refractivity contribution in [2.45, 2.75) is 43.9 Å². The fourth-order valence-electron chi connectivity index (χ4n) is 3.61. The van der Waals surface area contributed by atoms with Gasteiger partial charge in [-0.3, -0.25) is 9.88 Å². The van der Waals surface area contributed by atoms with E-state index in [1.807, 2.05) is 12.1 Å². The Morgan fingerprint density at radius 3 is 2.79 bits per heavy atom. The van der Waals surface area contributed by atoms with E-state index in [9.17, 15) is 5.11 Å². The lowest BCUT2D eigenvalue weighted by atomic mass is 9.82. The Labute approximate surface area is 140 Å². The zero-order valence-corrected chi connectivity index (χ0v) is 13.6. The van der Waals surface area contributed by atoms with Crippen molar-refractivity contribution in [1.29, 1.82) is 0 Å². The number of ether oxygens (including phenoxy) is 1. The summed E-state index contributed by atoms with van der Waals surface area (Å²) in [6.45, 7) is 3.12. The molecule has 2 saturated heterocycles. The van der Waals surface area contributed by atoms with Gasteiger partial charge in [-0.1, -0.05) is 5.16 Å². The highest BCUT2D eigenvalue weighted by Crippen LogP contribution is 2.35. The van der Waals surface area contributed by atoms with E-state index in [-0.39, 0.29) is 11.7 Å². The molecule has 4 heterocycles. The first-order valence-electron chi connectivity index (χ1n) is 8.53. The van der Waals surface area contributed by atoms with Gasteiger partial charge in [-0.2, -0.15) is 4.98 Å². The molecule has 4 rings (SSSR count). The van der Waals surface area contributed by atoms with E-state index in [1.54, 1.807) is 12.4 Å². The van der Waals surface area contributed by atoms with E-state index in [4.69, 9.17) is 9.26 Å². The maximum Gasteiger partial charge on any atom is 0.241 e. The van der Waals surface area contributed by atoms with Gasteiger partial charge in [0.2, 0.25) is 11.7 Å². The monoisotopic (exact) mass is 330 g/mol. The Morgan fingerprint density at radius 2 is 2.04 bits per heavy atom. The highest BCUT2D eigenvalue weighted by Gasteiger charge is 2.43. The first kappa shape index (κ1) is 15.7. The Balaban J connectivity index is 1.37. The highest BCUT2D eigenvalue weighted by atomic mass is 16.5. The summed E-state index contributed by atoms with van der Waals surface area (Å²) in [4.78, 5) is 10.7. The number of aromatic nitrogens is 3. The molecule has 128 valence electrons. The van der Waals surface area contributed by atoms with Crippen molar-refractivity contribution in [2.24, 2.45) is 0 Å². The van der Waals surface area contributed by atoms with Gasteiger partial charge in [-0.15, -0.1) is 0 Å². The summed E-state index contributed by atoms with van der Waals surface area (Å²) in [5.41, 5.74) is 0.558. The van der Waals surface area contributed by atoms with E-state index < -0.39 is 0 Å². The molecule has 0 bridgehead atoms. The molecule has 1 N–H and O–H groups in total. The Kier molecular flexibility index (Phi) is 4.30. The molecule has 0 aliphatic carbocycles. The predicted molar refractivity (Wildman–Crippen MR) is 86.0 cm³/mol. The molecule has 0 aromatic carbocycles. The van der Waals surface area contributed by atoms with Crippen molar-refractivity contribution in [3.63, 3.8) is 0 Å². The highest BCUT2D eigenvalue weighted by molar-refractivity contribution is 5.52. The molecule has 1 unspecified atom stereocenters. The van der Waals surface area contributed by atoms with Crippen LogP contribution in [0.4, 0.5) is 0 Å². The third-order valence-corrected chi connectivity index (χ3v) is 5.09. The fourth-order valence-corrected chi connectivity index (χ4v) is 3.61. The minimum atomic E-state index is -0.341. The standard InChI is InChI=1S/C17H22N4O3/c22-14-2-1-11-23-17(14)5-9-21(10-6-17)12-15-19-16(20-24-15)13-3-7-18-8-4-13/h3-4,7-8,14,22H,1-2,5-6,9-12H2. The molecule has 1 spiro atoms. The average Bonchev–Trinajstić information content (AvgIpc) is 3.09. The number of rotatable bonds is 3. The van der Waals surface area contributed by atoms with E-state index in [2.05, 4.69) is 20.0 Å². The molecule has 24 heavy (non-hydrogen) atoms. The van der Waals surface area contributed by atoms with Gasteiger partial charge in [0.1, 0.15) is 0 Å². The largest absolute Gasteiger partial charge is 0.390 e. The van der Waals surface area contributed by atoms with Gasteiger partial charge in [0.15, 0.2) is 0 Å². The van der Waals surface area contributed by atoms with Crippen LogP contribution < -0.4 is 0 Å². The van der Waals surface area contributed by atoms with Crippen LogP contribution in [0.5, 0.6) is 0 Å². The summed E-state index contributed by atoms with van der Waals surface area (Å²) >= 11 is 0. The van der Waals surface area contributed by atoms with Crippen molar-refractivity contribution in [3.8, 4) is 11.4 Å². The summed E-state index contributed by atoms with van der Waals surface area (Å²) < 4.78 is 11.3. The van der Waals surface area contributed by atoms with Crippen molar-refractivity contribution in [3.05, 3.63) is 30.4 Å². The first-order valence-corrected chi connectivity index (χ1v) is 8.53. The second kappa shape index (κ2) is 6.58. The molecule has 0 saturated carbocycles. The number of hydrogen-bond donors (Lipinski definition) is 1. The smallest absolute Gasteiger partial charge is 0.241 e. The van der Waals surface area contributed by atoms with Crippen LogP contribution in [0.3, 0.4) is 0 Å². The molecular weight excluding hydrogens is 308 g/mol. The number of pyridine rings is 1. The van der Waals surface area contributed by atoms with E-state index in [0.29, 0.717) is 18.3 Å². The van der Waals surface area contributed by atoms with Crippen LogP contribution in [0.1, 0.15) is 31.6 Å². The van der Waals surface area contributed by atoms with Crippen molar-refractivity contribution in [1.82, 2.24) is 20.0 Å². The molecule has 1 atom stereocenters. The number of piperidine rings is 1. The molecule has 2 aromatic heterocycles. The molecule has 0 amide bonds. The topological polar surface area (TPSA) is 84.5 Å². The number of likely N-dealkylation sites (tertiary alicyclic amines) is 1. The molecule has 2 fully saturated rings. The van der Waals surface area contributed by atoms with Crippen LogP contribution >= 0.6 is 0 Å². The zero-order chi connectivity index (χ0) is 16.4. The van der Waals surface area contributed by atoms with Gasteiger partial charge in [0.05, 0.1) is 18.2 Å². The normalized spacial score (nSPS) is 24.3. The summed E-state index contributed by atoms with van der Waals surface area (Å²) in [5, 5.41) is 14.3. The summed E-state index contributed by atoms with van der Waals surface area (Å²) in [6, 6.07) is 3.72. The quantitative estimate of drug-likeness (QED) is 0.915. The molecule has 7 nitrogen and oxygen atoms in total. The van der Waals surface area contributed by atoms with E-state index in [1.165, 1.54) is 0 Å². The predicted octanol–water partition coefficient (Wildman–Crippen LogP) is 1.64. The van der Waals surface area contributed by atoms with Crippen molar-refractivity contribution < 1.29 is 14.4 Å². The summed E-state index contributed by atoms with van der Waals surface area (Å²) in [5.74, 6) is 1.20. The fraction of sp³-hybridized carbons (Fsp3) is 0.588. The molecule has 2 aliphatic heterocycles. The summed E-state index contributed by atoms with van der Waals surface area (Å²) in [7, 11) is 0. The zero-order valence-electron chi connectivity index (χ0n) is 13.6. The average molecular weight is 330 g/mol. The third-order valence-electron chi connectivity index (χ3n) is 5.09. The lowest BCUT2D eigenvalue weighted by Gasteiger charge is -2.46. The van der Waals surface area contributed by atoms with Crippen LogP contribution in [0.15, 0.2) is 29.0 Å². The molecule has 7 heteroatoms. The van der Waals surface area contributed by atoms with Crippen LogP contribution in [-0.4, -0.2) is 56.5 Å². The van der Waals surface area contributed by atoms with E-state index >= 15 is 0 Å². The maximum atomic E-state index is 10.3. The second-order valence-corrected chi connectivity index (χ2v) is 6.60. The van der Waals surface area contributed by atoms with Crippen molar-refractivity contribution in [2.75, 3.05) is 19.7 Å². The molecule has 0 radical (unpaired) electrons. The second-order valence-electron chi connectivity index (χ2n) is 6.60. The lowest BCUT2D eigenvalue weighted by molar-refractivity contribution is -0.177. The molecular formula is C17H22N4O3. The Morgan fingerprint density at radius 1 is 1.25 bits per heavy atom. The van der Waals surface area contributed by atoms with Gasteiger partial charge >= 0.3 is 0 Å². The minimum Gasteiger partial charge on any atom is -0.390 e. The Hall–Kier alpha value is -1.83. The van der Waals surface area contributed by atoms with Gasteiger partial charge in [0, 0.05) is 37.7 Å². The van der Waals surface area contributed by atoms with E-state index in [0.717, 1.165) is 50.9 Å². The number of hydrogen-bond acceptors (Lipinski definition) is 7. The van der Waals surface area contributed by atoms with Crippen molar-refractivity contribution >= 4 is 0 Å². The van der Waals surface area contributed by atoms with Crippen LogP contribution in [0, 0.1) is 0 Å². The lowest BCUT2D eigenvalue weighted by Crippen LogP contribution is -2.55. The number of nitrogens with zero attached hydrogens (tertiary/aromatic N) is 4. The van der Waals surface area contributed by atoms with Crippen LogP contribution in [0.25, 0.3) is 11.4 Å². The first-order chi connectivity index (χ1) is 11.8. The number of aliphatic hydroxyl groups is 1. The van der Waals surface area contributed by atoms with Gasteiger partial charge in [-0.25, -0.2) is 0 Å². The number of aliphatic hydroxyl groups excluding tert-OH is 1. The third kappa shape index (κ3) is 3.07. The SMILES string of the molecule is OC1CCCOC12CCN(Cc1nc(-c3ccncc3)no1)CC2. The van der Waals surface area contributed by atoms with Crippen LogP contribution in [0.2, 0.25) is 0 Å². The maximum absolute atomic E-state index is 10.3. The van der Waals surface area contributed by atoms with Gasteiger partial charge in [0.25, 0.3) is 0 Å². The molecule has 2 aliphatic rings. The Bertz CT molecular complexity index is 667. The minimum absolute atomic E-state index is 0.338. The van der Waals surface area contributed by atoms with Crippen LogP contribution in [-0.2, 0) is 11.3 Å². The van der Waals surface area contributed by atoms with Gasteiger partial charge < -0.3 is 14.4 Å².